The second-order valence-electron chi connectivity index (χ2n) is 4.57. The van der Waals surface area contributed by atoms with E-state index < -0.39 is 23.6 Å². The van der Waals surface area contributed by atoms with E-state index in [0.29, 0.717) is 17.2 Å². The van der Waals surface area contributed by atoms with Gasteiger partial charge in [-0.05, 0) is 11.1 Å². The molecule has 2 atom stereocenters. The van der Waals surface area contributed by atoms with Crippen molar-refractivity contribution in [3.8, 4) is 0 Å². The third-order valence-corrected chi connectivity index (χ3v) is 3.26. The lowest BCUT2D eigenvalue weighted by atomic mass is 9.77. The van der Waals surface area contributed by atoms with Crippen LogP contribution in [0.1, 0.15) is 5.56 Å². The van der Waals surface area contributed by atoms with Crippen LogP contribution in [-0.2, 0) is 4.79 Å². The number of aliphatic carboxylic acids is 1. The van der Waals surface area contributed by atoms with Crippen molar-refractivity contribution in [3.05, 3.63) is 54.1 Å². The van der Waals surface area contributed by atoms with Crippen LogP contribution in [0.4, 0.5) is 13.2 Å². The van der Waals surface area contributed by atoms with Crippen molar-refractivity contribution in [1.82, 2.24) is 0 Å². The molecule has 3 nitrogen and oxygen atoms in total. The van der Waals surface area contributed by atoms with Crippen LogP contribution >= 0.6 is 0 Å². The fraction of sp³-hybridized carbons (Fsp3) is 0.214. The van der Waals surface area contributed by atoms with Crippen molar-refractivity contribution >= 4 is 11.5 Å². The van der Waals surface area contributed by atoms with Crippen molar-refractivity contribution in [3.63, 3.8) is 0 Å². The second kappa shape index (κ2) is 4.79. The summed E-state index contributed by atoms with van der Waals surface area (Å²) in [5.41, 5.74) is 3.44. The maximum Gasteiger partial charge on any atom is 0.411 e. The summed E-state index contributed by atoms with van der Waals surface area (Å²) in [6.45, 7) is 0. The van der Waals surface area contributed by atoms with E-state index in [4.69, 9.17) is 10.8 Å². The van der Waals surface area contributed by atoms with E-state index in [1.165, 1.54) is 6.08 Å². The lowest BCUT2D eigenvalue weighted by Gasteiger charge is -2.35. The molecule has 1 aliphatic carbocycles. The van der Waals surface area contributed by atoms with Crippen molar-refractivity contribution in [2.45, 2.75) is 11.7 Å². The molecule has 0 aromatic heterocycles. The SMILES string of the molecule is NC1(C(F)(F)F)C=CC(c2ccccc2)=CC1C(=O)O. The summed E-state index contributed by atoms with van der Waals surface area (Å²) in [6.07, 6.45) is -1.87. The first kappa shape index (κ1) is 14.3. The van der Waals surface area contributed by atoms with E-state index in [0.717, 1.165) is 6.08 Å². The van der Waals surface area contributed by atoms with Crippen LogP contribution in [0.15, 0.2) is 48.6 Å². The Hall–Kier alpha value is -2.08. The maximum atomic E-state index is 13.0. The number of benzene rings is 1. The molecule has 106 valence electrons. The van der Waals surface area contributed by atoms with E-state index >= 15 is 0 Å². The summed E-state index contributed by atoms with van der Waals surface area (Å²) < 4.78 is 39.0. The minimum atomic E-state index is -4.84. The zero-order valence-electron chi connectivity index (χ0n) is 10.3. The summed E-state index contributed by atoms with van der Waals surface area (Å²) in [7, 11) is 0. The molecule has 2 unspecified atom stereocenters. The van der Waals surface area contributed by atoms with Crippen LogP contribution in [-0.4, -0.2) is 22.8 Å². The van der Waals surface area contributed by atoms with E-state index in [9.17, 15) is 18.0 Å². The highest BCUT2D eigenvalue weighted by atomic mass is 19.4. The molecule has 20 heavy (non-hydrogen) atoms. The number of nitrogens with two attached hydrogens (primary N) is 1. The highest BCUT2D eigenvalue weighted by molar-refractivity contribution is 5.84. The number of hydrogen-bond acceptors (Lipinski definition) is 2. The molecule has 0 aliphatic heterocycles. The molecule has 3 N–H and O–H groups in total. The van der Waals surface area contributed by atoms with Gasteiger partial charge in [0.2, 0.25) is 0 Å². The number of alkyl halides is 3. The monoisotopic (exact) mass is 283 g/mol. The Morgan fingerprint density at radius 3 is 2.35 bits per heavy atom. The summed E-state index contributed by atoms with van der Waals surface area (Å²) in [6, 6.07) is 8.56. The molecular weight excluding hydrogens is 271 g/mol. The Kier molecular flexibility index (Phi) is 3.43. The molecule has 1 aliphatic rings. The van der Waals surface area contributed by atoms with Gasteiger partial charge in [-0.3, -0.25) is 4.79 Å². The Bertz CT molecular complexity index is 578. The van der Waals surface area contributed by atoms with Gasteiger partial charge >= 0.3 is 12.1 Å². The molecular formula is C14H12F3NO2. The van der Waals surface area contributed by atoms with E-state index in [2.05, 4.69) is 0 Å². The Labute approximate surface area is 113 Å². The van der Waals surface area contributed by atoms with E-state index in [-0.39, 0.29) is 0 Å². The van der Waals surface area contributed by atoms with E-state index in [1.54, 1.807) is 30.3 Å². The number of rotatable bonds is 2. The third kappa shape index (κ3) is 2.34. The third-order valence-electron chi connectivity index (χ3n) is 3.26. The number of halogens is 3. The quantitative estimate of drug-likeness (QED) is 0.877. The lowest BCUT2D eigenvalue weighted by Crippen LogP contribution is -2.59. The highest BCUT2D eigenvalue weighted by Gasteiger charge is 2.58. The zero-order valence-corrected chi connectivity index (χ0v) is 10.3. The summed E-state index contributed by atoms with van der Waals surface area (Å²) >= 11 is 0. The zero-order chi connectivity index (χ0) is 15.0. The maximum absolute atomic E-state index is 13.0. The van der Waals surface area contributed by atoms with Crippen LogP contribution in [0, 0.1) is 5.92 Å². The first-order chi connectivity index (χ1) is 9.25. The topological polar surface area (TPSA) is 63.3 Å². The molecule has 0 fully saturated rings. The van der Waals surface area contributed by atoms with E-state index in [1.807, 2.05) is 0 Å². The number of carbonyl (C=O) groups is 1. The smallest absolute Gasteiger partial charge is 0.411 e. The van der Waals surface area contributed by atoms with Crippen molar-refractivity contribution < 1.29 is 23.1 Å². The van der Waals surface area contributed by atoms with Crippen molar-refractivity contribution in [2.75, 3.05) is 0 Å². The van der Waals surface area contributed by atoms with Gasteiger partial charge in [-0.2, -0.15) is 13.2 Å². The van der Waals surface area contributed by atoms with Crippen molar-refractivity contribution in [1.29, 1.82) is 0 Å². The first-order valence-electron chi connectivity index (χ1n) is 5.80. The molecule has 0 radical (unpaired) electrons. The largest absolute Gasteiger partial charge is 0.481 e. The van der Waals surface area contributed by atoms with Gasteiger partial charge in [0.1, 0.15) is 11.5 Å². The minimum Gasteiger partial charge on any atom is -0.481 e. The van der Waals surface area contributed by atoms with Gasteiger partial charge in [-0.25, -0.2) is 0 Å². The van der Waals surface area contributed by atoms with Gasteiger partial charge in [0.15, 0.2) is 0 Å². The van der Waals surface area contributed by atoms with Gasteiger partial charge in [-0.1, -0.05) is 48.6 Å². The second-order valence-corrected chi connectivity index (χ2v) is 4.57. The molecule has 0 bridgehead atoms. The van der Waals surface area contributed by atoms with Gasteiger partial charge < -0.3 is 10.8 Å². The summed E-state index contributed by atoms with van der Waals surface area (Å²) in [4.78, 5) is 11.1. The summed E-state index contributed by atoms with van der Waals surface area (Å²) in [5, 5.41) is 9.04. The Morgan fingerprint density at radius 2 is 1.85 bits per heavy atom. The van der Waals surface area contributed by atoms with Crippen LogP contribution in [0.5, 0.6) is 0 Å². The fourth-order valence-corrected chi connectivity index (χ4v) is 2.07. The average Bonchev–Trinajstić information content (AvgIpc) is 2.38. The molecule has 0 spiro atoms. The Morgan fingerprint density at radius 1 is 1.25 bits per heavy atom. The number of carboxylic acids is 1. The standard InChI is InChI=1S/C14H12F3NO2/c15-14(16,17)13(18)7-6-10(8-11(13)12(19)20)9-4-2-1-3-5-9/h1-8,11H,18H2,(H,19,20). The van der Waals surface area contributed by atoms with Crippen LogP contribution < -0.4 is 5.73 Å². The number of hydrogen-bond donors (Lipinski definition) is 2. The Balaban J connectivity index is 2.47. The molecule has 6 heteroatoms. The lowest BCUT2D eigenvalue weighted by molar-refractivity contribution is -0.189. The molecule has 1 aromatic rings. The molecule has 0 heterocycles. The molecule has 0 saturated heterocycles. The highest BCUT2D eigenvalue weighted by Crippen LogP contribution is 2.40. The van der Waals surface area contributed by atoms with Crippen LogP contribution in [0.25, 0.3) is 5.57 Å². The molecule has 0 amide bonds. The molecule has 2 rings (SSSR count). The molecule has 0 saturated carbocycles. The predicted molar refractivity (Wildman–Crippen MR) is 67.7 cm³/mol. The number of carboxylic acid groups (broad SMARTS) is 1. The van der Waals surface area contributed by atoms with Gasteiger partial charge in [0.05, 0.1) is 0 Å². The van der Waals surface area contributed by atoms with Gasteiger partial charge in [0, 0.05) is 0 Å². The number of allylic oxidation sites excluding steroid dienone is 2. The average molecular weight is 283 g/mol. The normalized spacial score (nSPS) is 26.2. The first-order valence-corrected chi connectivity index (χ1v) is 5.80. The van der Waals surface area contributed by atoms with Crippen LogP contribution in [0.2, 0.25) is 0 Å². The minimum absolute atomic E-state index is 0.406. The van der Waals surface area contributed by atoms with Gasteiger partial charge in [-0.15, -0.1) is 0 Å². The van der Waals surface area contributed by atoms with Crippen molar-refractivity contribution in [2.24, 2.45) is 11.7 Å². The summed E-state index contributed by atoms with van der Waals surface area (Å²) in [5.74, 6) is -3.47. The fourth-order valence-electron chi connectivity index (χ4n) is 2.07. The van der Waals surface area contributed by atoms with Crippen LogP contribution in [0.3, 0.4) is 0 Å². The van der Waals surface area contributed by atoms with Gasteiger partial charge in [0.25, 0.3) is 0 Å². The predicted octanol–water partition coefficient (Wildman–Crippen LogP) is 2.60. The molecule has 1 aromatic carbocycles.